The number of rotatable bonds is 3. The number of carbonyl (C=O) groups is 1. The molecule has 0 spiro atoms. The molecular weight excluding hydrogens is 288 g/mol. The Morgan fingerprint density at radius 2 is 2.04 bits per heavy atom. The summed E-state index contributed by atoms with van der Waals surface area (Å²) in [5.41, 5.74) is 3.37. The van der Waals surface area contributed by atoms with Gasteiger partial charge in [0.05, 0.1) is 30.0 Å². The highest BCUT2D eigenvalue weighted by atomic mass is 16.1. The van der Waals surface area contributed by atoms with Crippen LogP contribution in [0.15, 0.2) is 25.0 Å². The Balaban J connectivity index is 1.55. The first-order chi connectivity index (χ1) is 11.1. The van der Waals surface area contributed by atoms with Crippen LogP contribution in [0.4, 0.5) is 0 Å². The van der Waals surface area contributed by atoms with Gasteiger partial charge in [-0.2, -0.15) is 0 Å². The van der Waals surface area contributed by atoms with Gasteiger partial charge in [0.1, 0.15) is 12.1 Å². The Morgan fingerprint density at radius 3 is 2.83 bits per heavy atom. The molecule has 1 fully saturated rings. The average molecular weight is 310 g/mol. The van der Waals surface area contributed by atoms with Gasteiger partial charge in [0, 0.05) is 24.1 Å². The first-order valence-electron chi connectivity index (χ1n) is 8.40. The standard InChI is InChI=1S/C18H22N4O/c1-18(2)5-3-12(4-6-18)16(23)7-14-17-13(8-19-10-21-17)15-9-20-11-22(14)15/h8-12,14H,3-7H2,1-2H3. The van der Waals surface area contributed by atoms with Crippen molar-refractivity contribution in [2.75, 3.05) is 0 Å². The van der Waals surface area contributed by atoms with Crippen LogP contribution in [0.5, 0.6) is 0 Å². The fraction of sp³-hybridized carbons (Fsp3) is 0.556. The van der Waals surface area contributed by atoms with E-state index < -0.39 is 0 Å². The summed E-state index contributed by atoms with van der Waals surface area (Å²) in [5.74, 6) is 0.581. The van der Waals surface area contributed by atoms with Crippen LogP contribution in [0.25, 0.3) is 11.3 Å². The summed E-state index contributed by atoms with van der Waals surface area (Å²) in [7, 11) is 0. The maximum absolute atomic E-state index is 12.8. The topological polar surface area (TPSA) is 60.7 Å². The second-order valence-electron chi connectivity index (χ2n) is 7.63. The smallest absolute Gasteiger partial charge is 0.138 e. The number of nitrogens with zero attached hydrogens (tertiary/aromatic N) is 4. The van der Waals surface area contributed by atoms with Crippen LogP contribution >= 0.6 is 0 Å². The molecule has 5 heteroatoms. The van der Waals surface area contributed by atoms with Crippen LogP contribution in [-0.2, 0) is 4.79 Å². The van der Waals surface area contributed by atoms with Crippen molar-refractivity contribution in [3.05, 3.63) is 30.7 Å². The molecule has 1 aliphatic carbocycles. The molecule has 4 rings (SSSR count). The first-order valence-corrected chi connectivity index (χ1v) is 8.40. The van der Waals surface area contributed by atoms with Crippen molar-refractivity contribution in [3.63, 3.8) is 0 Å². The third-order valence-corrected chi connectivity index (χ3v) is 5.53. The van der Waals surface area contributed by atoms with Gasteiger partial charge in [0.2, 0.25) is 0 Å². The van der Waals surface area contributed by atoms with Crippen LogP contribution in [0.2, 0.25) is 0 Å². The summed E-state index contributed by atoms with van der Waals surface area (Å²) in [5, 5.41) is 0. The zero-order chi connectivity index (χ0) is 16.0. The minimum Gasteiger partial charge on any atom is -0.321 e. The molecule has 2 aliphatic rings. The summed E-state index contributed by atoms with van der Waals surface area (Å²) in [6.07, 6.45) is 11.9. The zero-order valence-corrected chi connectivity index (χ0v) is 13.7. The Morgan fingerprint density at radius 1 is 1.26 bits per heavy atom. The lowest BCUT2D eigenvalue weighted by atomic mass is 9.71. The van der Waals surface area contributed by atoms with Crippen molar-refractivity contribution in [3.8, 4) is 11.3 Å². The van der Waals surface area contributed by atoms with Crippen molar-refractivity contribution in [2.45, 2.75) is 52.0 Å². The third kappa shape index (κ3) is 2.48. The van der Waals surface area contributed by atoms with Gasteiger partial charge in [-0.05, 0) is 31.1 Å². The van der Waals surface area contributed by atoms with E-state index in [0.717, 1.165) is 42.6 Å². The number of fused-ring (bicyclic) bond motifs is 3. The lowest BCUT2D eigenvalue weighted by Gasteiger charge is -2.34. The van der Waals surface area contributed by atoms with Gasteiger partial charge >= 0.3 is 0 Å². The van der Waals surface area contributed by atoms with E-state index in [0.29, 0.717) is 17.6 Å². The van der Waals surface area contributed by atoms with Crippen molar-refractivity contribution in [1.82, 2.24) is 19.5 Å². The lowest BCUT2D eigenvalue weighted by molar-refractivity contribution is -0.125. The Hall–Kier alpha value is -2.04. The highest BCUT2D eigenvalue weighted by Crippen LogP contribution is 2.42. The molecule has 23 heavy (non-hydrogen) atoms. The van der Waals surface area contributed by atoms with Crippen LogP contribution in [0.1, 0.15) is 57.7 Å². The second kappa shape index (κ2) is 5.25. The maximum atomic E-state index is 12.8. The van der Waals surface area contributed by atoms with Crippen molar-refractivity contribution >= 4 is 5.78 Å². The number of hydrogen-bond acceptors (Lipinski definition) is 4. The van der Waals surface area contributed by atoms with E-state index in [2.05, 4.69) is 33.4 Å². The molecule has 2 aromatic heterocycles. The van der Waals surface area contributed by atoms with E-state index in [1.807, 2.05) is 12.4 Å². The molecule has 120 valence electrons. The van der Waals surface area contributed by atoms with E-state index in [1.165, 1.54) is 0 Å². The molecule has 0 bridgehead atoms. The number of hydrogen-bond donors (Lipinski definition) is 0. The molecule has 1 saturated carbocycles. The number of ketones is 1. The van der Waals surface area contributed by atoms with E-state index in [4.69, 9.17) is 0 Å². The fourth-order valence-electron chi connectivity index (χ4n) is 3.97. The van der Waals surface area contributed by atoms with Crippen molar-refractivity contribution < 1.29 is 4.79 Å². The van der Waals surface area contributed by atoms with Crippen LogP contribution in [0, 0.1) is 11.3 Å². The molecule has 0 N–H and O–H groups in total. The van der Waals surface area contributed by atoms with E-state index >= 15 is 0 Å². The number of carbonyl (C=O) groups excluding carboxylic acids is 1. The van der Waals surface area contributed by atoms with Gasteiger partial charge in [0.25, 0.3) is 0 Å². The number of aromatic nitrogens is 4. The second-order valence-corrected chi connectivity index (χ2v) is 7.63. The third-order valence-electron chi connectivity index (χ3n) is 5.53. The molecule has 3 heterocycles. The maximum Gasteiger partial charge on any atom is 0.138 e. The Labute approximate surface area is 136 Å². The SMILES string of the molecule is CC1(C)CCC(C(=O)CC2c3ncncc3-c3cncn32)CC1. The highest BCUT2D eigenvalue weighted by Gasteiger charge is 2.35. The van der Waals surface area contributed by atoms with Gasteiger partial charge < -0.3 is 4.57 Å². The van der Waals surface area contributed by atoms with Gasteiger partial charge in [-0.3, -0.25) is 4.79 Å². The predicted molar refractivity (Wildman–Crippen MR) is 86.8 cm³/mol. The quantitative estimate of drug-likeness (QED) is 0.871. The number of imidazole rings is 1. The van der Waals surface area contributed by atoms with E-state index in [-0.39, 0.29) is 12.0 Å². The lowest BCUT2D eigenvalue weighted by Crippen LogP contribution is -2.27. The normalized spacial score (nSPS) is 22.6. The van der Waals surface area contributed by atoms with Gasteiger partial charge in [-0.25, -0.2) is 15.0 Å². The van der Waals surface area contributed by atoms with Crippen LogP contribution in [-0.4, -0.2) is 25.3 Å². The molecule has 0 aromatic carbocycles. The highest BCUT2D eigenvalue weighted by molar-refractivity contribution is 5.83. The summed E-state index contributed by atoms with van der Waals surface area (Å²) < 4.78 is 2.07. The molecule has 1 aliphatic heterocycles. The largest absolute Gasteiger partial charge is 0.321 e. The van der Waals surface area contributed by atoms with Crippen molar-refractivity contribution in [2.24, 2.45) is 11.3 Å². The molecule has 0 amide bonds. The molecule has 0 radical (unpaired) electrons. The monoisotopic (exact) mass is 310 g/mol. The van der Waals surface area contributed by atoms with Gasteiger partial charge in [-0.15, -0.1) is 0 Å². The average Bonchev–Trinajstić information content (AvgIpc) is 3.10. The molecule has 2 aromatic rings. The minimum absolute atomic E-state index is 0.0204. The molecule has 1 unspecified atom stereocenters. The molecule has 1 atom stereocenters. The predicted octanol–water partition coefficient (Wildman–Crippen LogP) is 3.42. The Kier molecular flexibility index (Phi) is 3.32. The van der Waals surface area contributed by atoms with E-state index in [9.17, 15) is 4.79 Å². The summed E-state index contributed by atoms with van der Waals surface area (Å²) in [6, 6.07) is -0.0204. The summed E-state index contributed by atoms with van der Waals surface area (Å²) >= 11 is 0. The van der Waals surface area contributed by atoms with Gasteiger partial charge in [0.15, 0.2) is 0 Å². The molecule has 0 saturated heterocycles. The zero-order valence-electron chi connectivity index (χ0n) is 13.7. The van der Waals surface area contributed by atoms with Gasteiger partial charge in [-0.1, -0.05) is 13.8 Å². The first kappa shape index (κ1) is 14.5. The van der Waals surface area contributed by atoms with E-state index in [1.54, 1.807) is 12.7 Å². The Bertz CT molecular complexity index is 739. The molecular formula is C18H22N4O. The number of Topliss-reactive ketones (excluding diaryl/α,β-unsaturated/α-hetero) is 1. The van der Waals surface area contributed by atoms with Crippen molar-refractivity contribution in [1.29, 1.82) is 0 Å². The summed E-state index contributed by atoms with van der Waals surface area (Å²) in [6.45, 7) is 4.60. The summed E-state index contributed by atoms with van der Waals surface area (Å²) in [4.78, 5) is 25.6. The van der Waals surface area contributed by atoms with Crippen LogP contribution < -0.4 is 0 Å². The van der Waals surface area contributed by atoms with Crippen LogP contribution in [0.3, 0.4) is 0 Å². The fourth-order valence-corrected chi connectivity index (χ4v) is 3.97. The molecule has 5 nitrogen and oxygen atoms in total. The minimum atomic E-state index is -0.0204.